The fourth-order valence-corrected chi connectivity index (χ4v) is 4.38. The van der Waals surface area contributed by atoms with Crippen molar-refractivity contribution in [3.63, 3.8) is 0 Å². The van der Waals surface area contributed by atoms with Gasteiger partial charge in [-0.2, -0.15) is 0 Å². The summed E-state index contributed by atoms with van der Waals surface area (Å²) in [6.07, 6.45) is -0.653. The molecule has 1 aliphatic carbocycles. The second kappa shape index (κ2) is 9.46. The lowest BCUT2D eigenvalue weighted by molar-refractivity contribution is -0.138. The number of fused-ring (bicyclic) bond motifs is 3. The van der Waals surface area contributed by atoms with Crippen LogP contribution >= 0.6 is 15.9 Å². The first kappa shape index (κ1) is 22.5. The van der Waals surface area contributed by atoms with Gasteiger partial charge in [0.25, 0.3) is 5.91 Å². The maximum atomic E-state index is 12.5. The van der Waals surface area contributed by atoms with E-state index in [1.165, 1.54) is 19.1 Å². The molecule has 0 aromatic heterocycles. The standard InChI is InChI=1S/C25H21BrN2O5/c1-14(24(30)31)27-23(29)15-10-16(26)12-17(11-15)28-25(32)33-13-22-20-8-4-2-6-18(20)19-7-3-5-9-21(19)22/h2-12,14,22H,13H2,1H3,(H,27,29)(H,28,32)(H,30,31)/t14-/m1/s1. The van der Waals surface area contributed by atoms with Crippen LogP contribution in [0.1, 0.15) is 34.3 Å². The molecule has 1 atom stereocenters. The minimum absolute atomic E-state index is 0.0653. The summed E-state index contributed by atoms with van der Waals surface area (Å²) in [6, 6.07) is 19.7. The van der Waals surface area contributed by atoms with E-state index in [9.17, 15) is 14.4 Å². The molecule has 0 saturated carbocycles. The van der Waals surface area contributed by atoms with Gasteiger partial charge in [-0.05, 0) is 47.4 Å². The van der Waals surface area contributed by atoms with Crippen molar-refractivity contribution < 1.29 is 24.2 Å². The average Bonchev–Trinajstić information content (AvgIpc) is 3.11. The molecule has 33 heavy (non-hydrogen) atoms. The number of halogens is 1. The van der Waals surface area contributed by atoms with E-state index in [1.54, 1.807) is 6.07 Å². The summed E-state index contributed by atoms with van der Waals surface area (Å²) in [5.41, 5.74) is 5.04. The molecule has 0 radical (unpaired) electrons. The van der Waals surface area contributed by atoms with E-state index in [1.807, 2.05) is 36.4 Å². The number of carbonyl (C=O) groups excluding carboxylic acids is 2. The van der Waals surface area contributed by atoms with E-state index in [0.29, 0.717) is 10.2 Å². The van der Waals surface area contributed by atoms with Crippen LogP contribution in [0.5, 0.6) is 0 Å². The summed E-state index contributed by atoms with van der Waals surface area (Å²) in [7, 11) is 0. The van der Waals surface area contributed by atoms with Crippen molar-refractivity contribution in [2.75, 3.05) is 11.9 Å². The lowest BCUT2D eigenvalue weighted by Gasteiger charge is -2.15. The van der Waals surface area contributed by atoms with Crippen LogP contribution < -0.4 is 10.6 Å². The molecule has 3 aromatic carbocycles. The predicted molar refractivity (Wildman–Crippen MR) is 127 cm³/mol. The second-order valence-corrected chi connectivity index (χ2v) is 8.63. The minimum Gasteiger partial charge on any atom is -0.480 e. The third kappa shape index (κ3) is 4.90. The van der Waals surface area contributed by atoms with Crippen molar-refractivity contribution in [1.82, 2.24) is 5.32 Å². The molecule has 0 saturated heterocycles. The zero-order chi connectivity index (χ0) is 23.5. The molecule has 4 rings (SSSR count). The Bertz CT molecular complexity index is 1200. The lowest BCUT2D eigenvalue weighted by atomic mass is 9.98. The van der Waals surface area contributed by atoms with Crippen LogP contribution in [-0.4, -0.2) is 35.7 Å². The average molecular weight is 509 g/mol. The molecule has 7 nitrogen and oxygen atoms in total. The van der Waals surface area contributed by atoms with Crippen LogP contribution in [0, 0.1) is 0 Å². The van der Waals surface area contributed by atoms with Crippen molar-refractivity contribution >= 4 is 39.6 Å². The van der Waals surface area contributed by atoms with Crippen LogP contribution in [0.25, 0.3) is 11.1 Å². The summed E-state index contributed by atoms with van der Waals surface area (Å²) in [5.74, 6) is -1.78. The number of amides is 2. The Kier molecular flexibility index (Phi) is 6.46. The lowest BCUT2D eigenvalue weighted by Crippen LogP contribution is -2.38. The Hall–Kier alpha value is -3.65. The van der Waals surface area contributed by atoms with Crippen molar-refractivity contribution in [3.8, 4) is 11.1 Å². The number of nitrogens with one attached hydrogen (secondary N) is 2. The molecule has 0 spiro atoms. The van der Waals surface area contributed by atoms with Gasteiger partial charge in [0.2, 0.25) is 0 Å². The number of hydrogen-bond donors (Lipinski definition) is 3. The van der Waals surface area contributed by atoms with Gasteiger partial charge in [0, 0.05) is 21.6 Å². The topological polar surface area (TPSA) is 105 Å². The molecule has 2 amide bonds. The van der Waals surface area contributed by atoms with Gasteiger partial charge in [-0.3, -0.25) is 14.9 Å². The van der Waals surface area contributed by atoms with Gasteiger partial charge in [-0.25, -0.2) is 4.79 Å². The molecular weight excluding hydrogens is 488 g/mol. The molecule has 0 aliphatic heterocycles. The van der Waals surface area contributed by atoms with Gasteiger partial charge in [0.1, 0.15) is 12.6 Å². The van der Waals surface area contributed by atoms with Crippen LogP contribution in [0.15, 0.2) is 71.2 Å². The van der Waals surface area contributed by atoms with E-state index in [-0.39, 0.29) is 18.1 Å². The Morgan fingerprint density at radius 2 is 1.61 bits per heavy atom. The molecule has 1 aliphatic rings. The van der Waals surface area contributed by atoms with Crippen molar-refractivity contribution in [1.29, 1.82) is 0 Å². The number of aliphatic carboxylic acids is 1. The van der Waals surface area contributed by atoms with Crippen LogP contribution in [0.4, 0.5) is 10.5 Å². The van der Waals surface area contributed by atoms with Crippen LogP contribution in [0.3, 0.4) is 0 Å². The van der Waals surface area contributed by atoms with E-state index >= 15 is 0 Å². The highest BCUT2D eigenvalue weighted by Crippen LogP contribution is 2.44. The summed E-state index contributed by atoms with van der Waals surface area (Å²) < 4.78 is 6.08. The SMILES string of the molecule is C[C@@H](NC(=O)c1cc(Br)cc(NC(=O)OCC2c3ccccc3-c3ccccc32)c1)C(=O)O. The number of benzene rings is 3. The van der Waals surface area contributed by atoms with Crippen molar-refractivity contribution in [2.45, 2.75) is 18.9 Å². The summed E-state index contributed by atoms with van der Waals surface area (Å²) in [5, 5.41) is 14.0. The number of rotatable bonds is 6. The largest absolute Gasteiger partial charge is 0.480 e. The molecule has 3 aromatic rings. The zero-order valence-electron chi connectivity index (χ0n) is 17.7. The number of carbonyl (C=O) groups is 3. The fraction of sp³-hybridized carbons (Fsp3) is 0.160. The Labute approximate surface area is 198 Å². The van der Waals surface area contributed by atoms with Gasteiger partial charge in [-0.1, -0.05) is 64.5 Å². The van der Waals surface area contributed by atoms with Gasteiger partial charge >= 0.3 is 12.1 Å². The number of hydrogen-bond acceptors (Lipinski definition) is 4. The molecule has 0 fully saturated rings. The van der Waals surface area contributed by atoms with Gasteiger partial charge < -0.3 is 15.2 Å². The van der Waals surface area contributed by atoms with E-state index in [2.05, 4.69) is 38.7 Å². The summed E-state index contributed by atoms with van der Waals surface area (Å²) in [6.45, 7) is 1.53. The number of ether oxygens (including phenoxy) is 1. The number of carboxylic acid groups (broad SMARTS) is 1. The quantitative estimate of drug-likeness (QED) is 0.433. The van der Waals surface area contributed by atoms with Crippen molar-refractivity contribution in [2.24, 2.45) is 0 Å². The van der Waals surface area contributed by atoms with E-state index in [0.717, 1.165) is 22.3 Å². The molecule has 0 heterocycles. The molecular formula is C25H21BrN2O5. The Balaban J connectivity index is 1.44. The first-order valence-corrected chi connectivity index (χ1v) is 11.1. The highest BCUT2D eigenvalue weighted by Gasteiger charge is 2.29. The molecule has 168 valence electrons. The highest BCUT2D eigenvalue weighted by atomic mass is 79.9. The molecule has 0 unspecified atom stereocenters. The van der Waals surface area contributed by atoms with Crippen molar-refractivity contribution in [3.05, 3.63) is 87.9 Å². The maximum Gasteiger partial charge on any atom is 0.411 e. The Morgan fingerprint density at radius 1 is 1.00 bits per heavy atom. The third-order valence-corrected chi connectivity index (χ3v) is 5.93. The molecule has 8 heteroatoms. The second-order valence-electron chi connectivity index (χ2n) is 7.71. The zero-order valence-corrected chi connectivity index (χ0v) is 19.3. The fourth-order valence-electron chi connectivity index (χ4n) is 3.89. The highest BCUT2D eigenvalue weighted by molar-refractivity contribution is 9.10. The molecule has 0 bridgehead atoms. The number of anilines is 1. The predicted octanol–water partition coefficient (Wildman–Crippen LogP) is 5.01. The first-order chi connectivity index (χ1) is 15.8. The summed E-state index contributed by atoms with van der Waals surface area (Å²) >= 11 is 3.31. The monoisotopic (exact) mass is 508 g/mol. The normalized spacial score (nSPS) is 12.9. The Morgan fingerprint density at radius 3 is 2.21 bits per heavy atom. The number of carboxylic acids is 1. The molecule has 3 N–H and O–H groups in total. The van der Waals surface area contributed by atoms with E-state index < -0.39 is 24.0 Å². The minimum atomic E-state index is -1.14. The first-order valence-electron chi connectivity index (χ1n) is 10.3. The van der Waals surface area contributed by atoms with Gasteiger partial charge in [-0.15, -0.1) is 0 Å². The summed E-state index contributed by atoms with van der Waals surface area (Å²) in [4.78, 5) is 35.9. The van der Waals surface area contributed by atoms with Gasteiger partial charge in [0.05, 0.1) is 0 Å². The third-order valence-electron chi connectivity index (χ3n) is 5.47. The maximum absolute atomic E-state index is 12.5. The van der Waals surface area contributed by atoms with Gasteiger partial charge in [0.15, 0.2) is 0 Å². The van der Waals surface area contributed by atoms with Crippen LogP contribution in [0.2, 0.25) is 0 Å². The van der Waals surface area contributed by atoms with Crippen LogP contribution in [-0.2, 0) is 9.53 Å². The van der Waals surface area contributed by atoms with E-state index in [4.69, 9.17) is 9.84 Å². The smallest absolute Gasteiger partial charge is 0.411 e.